The normalized spacial score (nSPS) is 19.2. The highest BCUT2D eigenvalue weighted by Gasteiger charge is 2.18. The van der Waals surface area contributed by atoms with Crippen LogP contribution in [0.15, 0.2) is 12.1 Å². The molecule has 1 atom stereocenters. The van der Waals surface area contributed by atoms with Gasteiger partial charge in [0.2, 0.25) is 5.91 Å². The Hall–Kier alpha value is -1.60. The highest BCUT2D eigenvalue weighted by Crippen LogP contribution is 2.17. The number of halogens is 3. The number of morpholine rings is 1. The fourth-order valence-electron chi connectivity index (χ4n) is 1.80. The van der Waals surface area contributed by atoms with Crippen molar-refractivity contribution >= 4 is 11.6 Å². The molecule has 1 heterocycles. The molecule has 2 rings (SSSR count). The van der Waals surface area contributed by atoms with Crippen LogP contribution in [0.5, 0.6) is 0 Å². The summed E-state index contributed by atoms with van der Waals surface area (Å²) in [5.41, 5.74) is -0.120. The second-order valence-electron chi connectivity index (χ2n) is 4.20. The summed E-state index contributed by atoms with van der Waals surface area (Å²) in [5.74, 6) is -4.69. The fraction of sp³-hybridized carbons (Fsp3) is 0.417. The molecule has 1 saturated heterocycles. The number of rotatable bonds is 3. The molecular formula is C12H13F3N2O2. The van der Waals surface area contributed by atoms with Gasteiger partial charge < -0.3 is 15.4 Å². The second kappa shape index (κ2) is 6.03. The molecule has 0 aromatic heterocycles. The number of ether oxygens (including phenoxy) is 1. The Balaban J connectivity index is 1.94. The third-order valence-electron chi connectivity index (χ3n) is 2.69. The molecule has 0 spiro atoms. The van der Waals surface area contributed by atoms with E-state index in [9.17, 15) is 18.0 Å². The third-order valence-corrected chi connectivity index (χ3v) is 2.69. The smallest absolute Gasteiger partial charge is 0.227 e. The second-order valence-corrected chi connectivity index (χ2v) is 4.20. The Labute approximate surface area is 107 Å². The Morgan fingerprint density at radius 3 is 2.63 bits per heavy atom. The maximum atomic E-state index is 12.9. The molecule has 1 aromatic rings. The first-order valence-corrected chi connectivity index (χ1v) is 5.83. The number of hydrogen-bond acceptors (Lipinski definition) is 3. The third kappa shape index (κ3) is 3.68. The summed E-state index contributed by atoms with van der Waals surface area (Å²) in [6.07, 6.45) is -0.211. The highest BCUT2D eigenvalue weighted by molar-refractivity contribution is 5.91. The first-order chi connectivity index (χ1) is 9.06. The molecule has 1 fully saturated rings. The van der Waals surface area contributed by atoms with Crippen molar-refractivity contribution < 1.29 is 22.7 Å². The lowest BCUT2D eigenvalue weighted by Crippen LogP contribution is -2.40. The number of benzene rings is 1. The van der Waals surface area contributed by atoms with E-state index in [-0.39, 0.29) is 18.2 Å². The molecule has 0 saturated carbocycles. The number of hydrogen-bond donors (Lipinski definition) is 2. The lowest BCUT2D eigenvalue weighted by molar-refractivity contribution is -0.119. The van der Waals surface area contributed by atoms with Crippen molar-refractivity contribution in [3.63, 3.8) is 0 Å². The first-order valence-electron chi connectivity index (χ1n) is 5.83. The van der Waals surface area contributed by atoms with Crippen molar-refractivity contribution in [2.75, 3.05) is 25.0 Å². The van der Waals surface area contributed by atoms with Gasteiger partial charge in [-0.25, -0.2) is 13.2 Å². The summed E-state index contributed by atoms with van der Waals surface area (Å²) < 4.78 is 43.9. The minimum absolute atomic E-state index is 0.0631. The van der Waals surface area contributed by atoms with E-state index in [1.54, 1.807) is 0 Å². The number of carbonyl (C=O) groups excluding carboxylic acids is 1. The van der Waals surface area contributed by atoms with Crippen molar-refractivity contribution in [1.29, 1.82) is 0 Å². The quantitative estimate of drug-likeness (QED) is 0.820. The molecular weight excluding hydrogens is 261 g/mol. The van der Waals surface area contributed by atoms with Gasteiger partial charge in [-0.15, -0.1) is 0 Å². The van der Waals surface area contributed by atoms with Crippen LogP contribution < -0.4 is 10.6 Å². The standard InChI is InChI=1S/C12H13F3N2O2/c13-9-3-7(4-10(14)12(9)15)17-11(18)5-8-6-16-1-2-19-8/h3-4,8,16H,1-2,5-6H2,(H,17,18). The van der Waals surface area contributed by atoms with Gasteiger partial charge in [0.05, 0.1) is 19.1 Å². The molecule has 1 amide bonds. The Morgan fingerprint density at radius 1 is 1.37 bits per heavy atom. The van der Waals surface area contributed by atoms with Gasteiger partial charge in [0.25, 0.3) is 0 Å². The molecule has 7 heteroatoms. The van der Waals surface area contributed by atoms with Crippen molar-refractivity contribution in [1.82, 2.24) is 5.32 Å². The minimum atomic E-state index is -1.56. The number of anilines is 1. The van der Waals surface area contributed by atoms with E-state index in [2.05, 4.69) is 10.6 Å². The molecule has 0 bridgehead atoms. The van der Waals surface area contributed by atoms with Gasteiger partial charge in [-0.2, -0.15) is 0 Å². The molecule has 1 aromatic carbocycles. The predicted molar refractivity (Wildman–Crippen MR) is 62.2 cm³/mol. The zero-order chi connectivity index (χ0) is 13.8. The van der Waals surface area contributed by atoms with E-state index in [0.717, 1.165) is 18.7 Å². The van der Waals surface area contributed by atoms with E-state index < -0.39 is 23.4 Å². The first kappa shape index (κ1) is 13.8. The van der Waals surface area contributed by atoms with Crippen molar-refractivity contribution in [2.24, 2.45) is 0 Å². The average Bonchev–Trinajstić information content (AvgIpc) is 2.37. The Kier molecular flexibility index (Phi) is 4.39. The Bertz CT molecular complexity index is 453. The van der Waals surface area contributed by atoms with Gasteiger partial charge in [-0.1, -0.05) is 0 Å². The summed E-state index contributed by atoms with van der Waals surface area (Å²) in [5, 5.41) is 5.36. The predicted octanol–water partition coefficient (Wildman–Crippen LogP) is 1.42. The zero-order valence-corrected chi connectivity index (χ0v) is 10.0. The van der Waals surface area contributed by atoms with Crippen LogP contribution in [0.3, 0.4) is 0 Å². The number of amides is 1. The molecule has 1 aliphatic heterocycles. The maximum absolute atomic E-state index is 12.9. The lowest BCUT2D eigenvalue weighted by Gasteiger charge is -2.23. The van der Waals surface area contributed by atoms with Gasteiger partial charge in [0, 0.05) is 30.9 Å². The highest BCUT2D eigenvalue weighted by atomic mass is 19.2. The van der Waals surface area contributed by atoms with Crippen LogP contribution in [0.1, 0.15) is 6.42 Å². The Morgan fingerprint density at radius 2 is 2.05 bits per heavy atom. The monoisotopic (exact) mass is 274 g/mol. The molecule has 2 N–H and O–H groups in total. The van der Waals surface area contributed by atoms with Gasteiger partial charge in [0.15, 0.2) is 17.5 Å². The van der Waals surface area contributed by atoms with E-state index in [1.807, 2.05) is 0 Å². The molecule has 0 radical (unpaired) electrons. The summed E-state index contributed by atoms with van der Waals surface area (Å²) in [7, 11) is 0. The van der Waals surface area contributed by atoms with Gasteiger partial charge in [-0.3, -0.25) is 4.79 Å². The summed E-state index contributed by atoms with van der Waals surface area (Å²) in [6.45, 7) is 1.78. The van der Waals surface area contributed by atoms with Gasteiger partial charge >= 0.3 is 0 Å². The largest absolute Gasteiger partial charge is 0.375 e. The van der Waals surface area contributed by atoms with Crippen molar-refractivity contribution in [2.45, 2.75) is 12.5 Å². The van der Waals surface area contributed by atoms with Crippen molar-refractivity contribution in [3.05, 3.63) is 29.6 Å². The summed E-state index contributed by atoms with van der Waals surface area (Å²) >= 11 is 0. The SMILES string of the molecule is O=C(CC1CNCCO1)Nc1cc(F)c(F)c(F)c1. The van der Waals surface area contributed by atoms with Crippen molar-refractivity contribution in [3.8, 4) is 0 Å². The van der Waals surface area contributed by atoms with Crippen LogP contribution in [-0.2, 0) is 9.53 Å². The van der Waals surface area contributed by atoms with Crippen LogP contribution in [0.4, 0.5) is 18.9 Å². The lowest BCUT2D eigenvalue weighted by atomic mass is 10.2. The fourth-order valence-corrected chi connectivity index (χ4v) is 1.80. The molecule has 0 aliphatic carbocycles. The van der Waals surface area contributed by atoms with Crippen LogP contribution >= 0.6 is 0 Å². The average molecular weight is 274 g/mol. The number of carbonyl (C=O) groups is 1. The molecule has 1 unspecified atom stereocenters. The molecule has 1 aliphatic rings. The van der Waals surface area contributed by atoms with E-state index in [1.165, 1.54) is 0 Å². The summed E-state index contributed by atoms with van der Waals surface area (Å²) in [6, 6.07) is 1.46. The van der Waals surface area contributed by atoms with Gasteiger partial charge in [0.1, 0.15) is 0 Å². The van der Waals surface area contributed by atoms with Crippen LogP contribution in [0, 0.1) is 17.5 Å². The zero-order valence-electron chi connectivity index (χ0n) is 10.0. The maximum Gasteiger partial charge on any atom is 0.227 e. The number of nitrogens with one attached hydrogen (secondary N) is 2. The molecule has 104 valence electrons. The molecule has 19 heavy (non-hydrogen) atoms. The van der Waals surface area contributed by atoms with Crippen LogP contribution in [0.2, 0.25) is 0 Å². The minimum Gasteiger partial charge on any atom is -0.375 e. The van der Waals surface area contributed by atoms with E-state index in [0.29, 0.717) is 13.2 Å². The van der Waals surface area contributed by atoms with E-state index in [4.69, 9.17) is 4.74 Å². The van der Waals surface area contributed by atoms with Gasteiger partial charge in [-0.05, 0) is 0 Å². The summed E-state index contributed by atoms with van der Waals surface area (Å²) in [4.78, 5) is 11.6. The van der Waals surface area contributed by atoms with E-state index >= 15 is 0 Å². The molecule has 4 nitrogen and oxygen atoms in total. The van der Waals surface area contributed by atoms with Crippen LogP contribution in [0.25, 0.3) is 0 Å². The van der Waals surface area contributed by atoms with Crippen LogP contribution in [-0.4, -0.2) is 31.7 Å². The topological polar surface area (TPSA) is 50.4 Å².